The van der Waals surface area contributed by atoms with Gasteiger partial charge in [-0.25, -0.2) is 4.68 Å². The van der Waals surface area contributed by atoms with Gasteiger partial charge in [0.05, 0.1) is 25.5 Å². The lowest BCUT2D eigenvalue weighted by Crippen LogP contribution is -2.52. The number of carbonyl (C=O) groups excluding carboxylic acids is 1. The lowest BCUT2D eigenvalue weighted by atomic mass is 9.92. The van der Waals surface area contributed by atoms with E-state index in [0.29, 0.717) is 25.3 Å². The number of aromatic nitrogens is 3. The summed E-state index contributed by atoms with van der Waals surface area (Å²) in [5.41, 5.74) is -0.0907. The van der Waals surface area contributed by atoms with Gasteiger partial charge in [-0.15, -0.1) is 5.10 Å². The molecule has 1 fully saturated rings. The highest BCUT2D eigenvalue weighted by molar-refractivity contribution is 5.93. The molecule has 3 rings (SSSR count). The van der Waals surface area contributed by atoms with E-state index in [1.165, 1.54) is 0 Å². The van der Waals surface area contributed by atoms with E-state index in [1.807, 2.05) is 19.9 Å². The van der Waals surface area contributed by atoms with Crippen molar-refractivity contribution in [1.82, 2.24) is 19.9 Å². The number of likely N-dealkylation sites (tertiary alicyclic amines) is 1. The molecule has 1 unspecified atom stereocenters. The average Bonchev–Trinajstić information content (AvgIpc) is 3.16. The van der Waals surface area contributed by atoms with Gasteiger partial charge in [0.1, 0.15) is 5.60 Å². The summed E-state index contributed by atoms with van der Waals surface area (Å²) in [7, 11) is 0. The minimum absolute atomic E-state index is 0.157. The smallest absolute Gasteiger partial charge is 0.289 e. The van der Waals surface area contributed by atoms with Crippen LogP contribution in [-0.4, -0.2) is 49.6 Å². The van der Waals surface area contributed by atoms with Crippen LogP contribution in [0.2, 0.25) is 0 Å². The Labute approximate surface area is 134 Å². The summed E-state index contributed by atoms with van der Waals surface area (Å²) < 4.78 is 7.01. The minimum Gasteiger partial charge on any atom is -0.459 e. The number of hydrogen-bond acceptors (Lipinski definition) is 5. The van der Waals surface area contributed by atoms with Gasteiger partial charge in [-0.3, -0.25) is 4.79 Å². The van der Waals surface area contributed by atoms with Crippen molar-refractivity contribution in [3.8, 4) is 0 Å². The first-order valence-corrected chi connectivity index (χ1v) is 7.92. The lowest BCUT2D eigenvalue weighted by Gasteiger charge is -2.38. The van der Waals surface area contributed by atoms with E-state index < -0.39 is 5.60 Å². The third-order valence-electron chi connectivity index (χ3n) is 4.28. The van der Waals surface area contributed by atoms with Crippen molar-refractivity contribution in [3.05, 3.63) is 36.0 Å². The highest BCUT2D eigenvalue weighted by atomic mass is 16.3. The van der Waals surface area contributed by atoms with Crippen LogP contribution in [0.5, 0.6) is 0 Å². The fourth-order valence-corrected chi connectivity index (χ4v) is 3.12. The molecule has 2 aromatic heterocycles. The van der Waals surface area contributed by atoms with E-state index in [4.69, 9.17) is 4.42 Å². The molecule has 0 aliphatic carbocycles. The van der Waals surface area contributed by atoms with Crippen molar-refractivity contribution in [2.75, 3.05) is 13.1 Å². The molecular weight excluding hydrogens is 296 g/mol. The van der Waals surface area contributed by atoms with E-state index in [1.54, 1.807) is 28.2 Å². The van der Waals surface area contributed by atoms with E-state index >= 15 is 0 Å². The van der Waals surface area contributed by atoms with Gasteiger partial charge in [0.25, 0.3) is 5.91 Å². The predicted molar refractivity (Wildman–Crippen MR) is 82.9 cm³/mol. The SMILES string of the molecule is CC(C)c1ccoc1C(=O)N1CCCC(O)(Cn2ccnn2)C1. The van der Waals surface area contributed by atoms with Crippen LogP contribution in [0, 0.1) is 0 Å². The Kier molecular flexibility index (Phi) is 4.21. The second kappa shape index (κ2) is 6.16. The maximum Gasteiger partial charge on any atom is 0.289 e. The van der Waals surface area contributed by atoms with Crippen LogP contribution in [0.4, 0.5) is 0 Å². The molecule has 1 saturated heterocycles. The molecule has 1 amide bonds. The summed E-state index contributed by atoms with van der Waals surface area (Å²) in [6, 6.07) is 1.84. The molecule has 3 heterocycles. The number of amides is 1. The number of aliphatic hydroxyl groups is 1. The van der Waals surface area contributed by atoms with Crippen LogP contribution in [0.25, 0.3) is 0 Å². The second-order valence-electron chi connectivity index (χ2n) is 6.52. The largest absolute Gasteiger partial charge is 0.459 e. The van der Waals surface area contributed by atoms with Gasteiger partial charge in [0.15, 0.2) is 5.76 Å². The highest BCUT2D eigenvalue weighted by Crippen LogP contribution is 2.27. The molecule has 0 aromatic carbocycles. The molecule has 23 heavy (non-hydrogen) atoms. The second-order valence-corrected chi connectivity index (χ2v) is 6.52. The van der Waals surface area contributed by atoms with Crippen LogP contribution in [0.3, 0.4) is 0 Å². The Bertz CT molecular complexity index is 665. The first-order chi connectivity index (χ1) is 11.0. The van der Waals surface area contributed by atoms with Crippen molar-refractivity contribution < 1.29 is 14.3 Å². The van der Waals surface area contributed by atoms with Crippen LogP contribution in [-0.2, 0) is 6.54 Å². The van der Waals surface area contributed by atoms with E-state index in [0.717, 1.165) is 12.0 Å². The number of hydrogen-bond donors (Lipinski definition) is 1. The summed E-state index contributed by atoms with van der Waals surface area (Å²) in [5.74, 6) is 0.437. The number of nitrogens with zero attached hydrogens (tertiary/aromatic N) is 4. The average molecular weight is 318 g/mol. The van der Waals surface area contributed by atoms with Crippen molar-refractivity contribution in [2.45, 2.75) is 44.8 Å². The molecule has 7 heteroatoms. The van der Waals surface area contributed by atoms with E-state index in [-0.39, 0.29) is 18.4 Å². The predicted octanol–water partition coefficient (Wildman–Crippen LogP) is 1.66. The van der Waals surface area contributed by atoms with Gasteiger partial charge in [-0.1, -0.05) is 19.1 Å². The molecule has 1 aliphatic heterocycles. The maximum atomic E-state index is 12.8. The first kappa shape index (κ1) is 15.7. The summed E-state index contributed by atoms with van der Waals surface area (Å²) in [6.07, 6.45) is 6.21. The van der Waals surface area contributed by atoms with E-state index in [9.17, 15) is 9.90 Å². The van der Waals surface area contributed by atoms with Gasteiger partial charge in [0.2, 0.25) is 0 Å². The highest BCUT2D eigenvalue weighted by Gasteiger charge is 2.37. The number of piperidine rings is 1. The topological polar surface area (TPSA) is 84.4 Å². The van der Waals surface area contributed by atoms with Crippen molar-refractivity contribution in [2.24, 2.45) is 0 Å². The van der Waals surface area contributed by atoms with E-state index in [2.05, 4.69) is 10.3 Å². The van der Waals surface area contributed by atoms with Gasteiger partial charge >= 0.3 is 0 Å². The van der Waals surface area contributed by atoms with Crippen LogP contribution < -0.4 is 0 Å². The van der Waals surface area contributed by atoms with Crippen LogP contribution in [0.1, 0.15) is 48.7 Å². The number of β-amino-alcohol motifs (C(OH)–C–C–N with tert-alkyl or cyclic N) is 1. The zero-order valence-corrected chi connectivity index (χ0v) is 13.5. The Morgan fingerprint density at radius 2 is 2.35 bits per heavy atom. The third-order valence-corrected chi connectivity index (χ3v) is 4.28. The Morgan fingerprint density at radius 3 is 3.04 bits per heavy atom. The lowest BCUT2D eigenvalue weighted by molar-refractivity contribution is -0.0394. The summed E-state index contributed by atoms with van der Waals surface area (Å²) >= 11 is 0. The van der Waals surface area contributed by atoms with Crippen LogP contribution in [0.15, 0.2) is 29.1 Å². The van der Waals surface area contributed by atoms with Gasteiger partial charge in [0, 0.05) is 18.3 Å². The quantitative estimate of drug-likeness (QED) is 0.927. The Morgan fingerprint density at radius 1 is 1.52 bits per heavy atom. The van der Waals surface area contributed by atoms with Gasteiger partial charge in [-0.2, -0.15) is 0 Å². The fraction of sp³-hybridized carbons (Fsp3) is 0.562. The van der Waals surface area contributed by atoms with Gasteiger partial charge < -0.3 is 14.4 Å². The molecule has 1 atom stereocenters. The molecule has 2 aromatic rings. The molecule has 0 radical (unpaired) electrons. The number of furan rings is 1. The zero-order valence-electron chi connectivity index (χ0n) is 13.5. The molecule has 1 aliphatic rings. The Balaban J connectivity index is 1.75. The van der Waals surface area contributed by atoms with Crippen molar-refractivity contribution in [3.63, 3.8) is 0 Å². The molecule has 0 bridgehead atoms. The number of rotatable bonds is 4. The molecule has 124 valence electrons. The molecule has 1 N–H and O–H groups in total. The number of carbonyl (C=O) groups is 1. The normalized spacial score (nSPS) is 21.8. The third kappa shape index (κ3) is 3.29. The Hall–Kier alpha value is -2.15. The fourth-order valence-electron chi connectivity index (χ4n) is 3.12. The summed E-state index contributed by atoms with van der Waals surface area (Å²) in [4.78, 5) is 14.4. The maximum absolute atomic E-state index is 12.8. The minimum atomic E-state index is -0.994. The summed E-state index contributed by atoms with van der Waals surface area (Å²) in [5, 5.41) is 18.5. The zero-order chi connectivity index (χ0) is 16.4. The van der Waals surface area contributed by atoms with Crippen LogP contribution >= 0.6 is 0 Å². The molecular formula is C16H22N4O3. The standard InChI is InChI=1S/C16H22N4O3/c1-12(2)13-4-9-23-14(13)15(21)19-7-3-5-16(22,10-19)11-20-8-6-17-18-20/h4,6,8-9,12,22H,3,5,7,10-11H2,1-2H3. The van der Waals surface area contributed by atoms with Crippen molar-refractivity contribution in [1.29, 1.82) is 0 Å². The summed E-state index contributed by atoms with van der Waals surface area (Å²) in [6.45, 7) is 5.27. The molecule has 0 saturated carbocycles. The van der Waals surface area contributed by atoms with Crippen molar-refractivity contribution >= 4 is 5.91 Å². The van der Waals surface area contributed by atoms with Gasteiger partial charge in [-0.05, 0) is 24.8 Å². The molecule has 7 nitrogen and oxygen atoms in total. The first-order valence-electron chi connectivity index (χ1n) is 7.92. The monoisotopic (exact) mass is 318 g/mol. The molecule has 0 spiro atoms.